The zero-order chi connectivity index (χ0) is 11.5. The summed E-state index contributed by atoms with van der Waals surface area (Å²) in [6.45, 7) is 8.04. The van der Waals surface area contributed by atoms with Crippen molar-refractivity contribution in [2.45, 2.75) is 13.8 Å². The van der Waals surface area contributed by atoms with E-state index in [1.54, 1.807) is 0 Å². The van der Waals surface area contributed by atoms with E-state index in [0.717, 1.165) is 5.56 Å². The molecule has 2 aromatic carbocycles. The van der Waals surface area contributed by atoms with Crippen LogP contribution in [-0.4, -0.2) is 0 Å². The third-order valence-electron chi connectivity index (χ3n) is 2.85. The van der Waals surface area contributed by atoms with Crippen molar-refractivity contribution < 1.29 is 0 Å². The zero-order valence-electron chi connectivity index (χ0n) is 9.83. The van der Waals surface area contributed by atoms with Gasteiger partial charge in [-0.15, -0.1) is 0 Å². The van der Waals surface area contributed by atoms with E-state index in [4.69, 9.17) is 0 Å². The molecule has 2 aromatic rings. The number of benzene rings is 2. The second-order valence-corrected chi connectivity index (χ2v) is 4.14. The lowest BCUT2D eigenvalue weighted by molar-refractivity contribution is 1.39. The predicted octanol–water partition coefficient (Wildman–Crippen LogP) is 4.61. The van der Waals surface area contributed by atoms with Crippen LogP contribution in [0.15, 0.2) is 49.0 Å². The first-order valence-corrected chi connectivity index (χ1v) is 5.51. The summed E-state index contributed by atoms with van der Waals surface area (Å²) in [4.78, 5) is 0. The minimum absolute atomic E-state index is 1.16. The summed E-state index contributed by atoms with van der Waals surface area (Å²) in [6.07, 6.45) is 1.87. The Morgan fingerprint density at radius 2 is 1.62 bits per heavy atom. The summed E-state index contributed by atoms with van der Waals surface area (Å²) in [5.74, 6) is 0. The second-order valence-electron chi connectivity index (χ2n) is 4.14. The van der Waals surface area contributed by atoms with Gasteiger partial charge < -0.3 is 0 Å². The van der Waals surface area contributed by atoms with Crippen LogP contribution in [0, 0.1) is 13.8 Å². The van der Waals surface area contributed by atoms with E-state index >= 15 is 0 Å². The van der Waals surface area contributed by atoms with Gasteiger partial charge in [0.25, 0.3) is 0 Å². The second kappa shape index (κ2) is 4.36. The molecule has 2 rings (SSSR count). The van der Waals surface area contributed by atoms with Gasteiger partial charge >= 0.3 is 0 Å². The molecule has 0 aliphatic heterocycles. The van der Waals surface area contributed by atoms with Crippen molar-refractivity contribution >= 4 is 6.08 Å². The maximum atomic E-state index is 3.77. The lowest BCUT2D eigenvalue weighted by Crippen LogP contribution is -1.84. The van der Waals surface area contributed by atoms with Crippen LogP contribution in [0.2, 0.25) is 0 Å². The van der Waals surface area contributed by atoms with Crippen molar-refractivity contribution in [2.75, 3.05) is 0 Å². The molecule has 80 valence electrons. The fourth-order valence-electron chi connectivity index (χ4n) is 1.85. The Bertz CT molecular complexity index is 504. The lowest BCUT2D eigenvalue weighted by atomic mass is 9.98. The Kier molecular flexibility index (Phi) is 2.91. The zero-order valence-corrected chi connectivity index (χ0v) is 9.83. The van der Waals surface area contributed by atoms with Gasteiger partial charge in [-0.05, 0) is 36.1 Å². The molecule has 0 fully saturated rings. The van der Waals surface area contributed by atoms with Crippen LogP contribution < -0.4 is 0 Å². The van der Waals surface area contributed by atoms with Crippen LogP contribution in [0.4, 0.5) is 0 Å². The van der Waals surface area contributed by atoms with Gasteiger partial charge in [-0.1, -0.05) is 60.7 Å². The third-order valence-corrected chi connectivity index (χ3v) is 2.85. The monoisotopic (exact) mass is 208 g/mol. The smallest absolute Gasteiger partial charge is 0.0152 e. The van der Waals surface area contributed by atoms with Crippen LogP contribution in [0.5, 0.6) is 0 Å². The summed E-state index contributed by atoms with van der Waals surface area (Å²) >= 11 is 0. The molecule has 0 N–H and O–H groups in total. The van der Waals surface area contributed by atoms with Crippen molar-refractivity contribution in [1.29, 1.82) is 0 Å². The molecule has 0 atom stereocenters. The normalized spacial score (nSPS) is 10.1. The van der Waals surface area contributed by atoms with Gasteiger partial charge in [0.1, 0.15) is 0 Å². The molecule has 0 aliphatic rings. The minimum atomic E-state index is 1.16. The highest BCUT2D eigenvalue weighted by Gasteiger charge is 2.01. The maximum absolute atomic E-state index is 3.77. The Morgan fingerprint density at radius 1 is 0.938 bits per heavy atom. The summed E-state index contributed by atoms with van der Waals surface area (Å²) in [5, 5.41) is 0. The molecular weight excluding hydrogens is 192 g/mol. The molecule has 0 amide bonds. The molecule has 0 nitrogen and oxygen atoms in total. The molecule has 0 spiro atoms. The summed E-state index contributed by atoms with van der Waals surface area (Å²) < 4.78 is 0. The average molecular weight is 208 g/mol. The number of rotatable bonds is 2. The number of hydrogen-bond acceptors (Lipinski definition) is 0. The maximum Gasteiger partial charge on any atom is -0.0152 e. The first kappa shape index (κ1) is 10.7. The molecule has 0 unspecified atom stereocenters. The van der Waals surface area contributed by atoms with E-state index < -0.39 is 0 Å². The van der Waals surface area contributed by atoms with E-state index in [-0.39, 0.29) is 0 Å². The average Bonchev–Trinajstić information content (AvgIpc) is 2.32. The summed E-state index contributed by atoms with van der Waals surface area (Å²) in [6, 6.07) is 15.1. The molecule has 0 radical (unpaired) electrons. The Hall–Kier alpha value is -1.82. The van der Waals surface area contributed by atoms with Crippen molar-refractivity contribution in [2.24, 2.45) is 0 Å². The molecule has 0 saturated heterocycles. The van der Waals surface area contributed by atoms with Crippen molar-refractivity contribution in [3.8, 4) is 11.1 Å². The van der Waals surface area contributed by atoms with Crippen molar-refractivity contribution in [1.82, 2.24) is 0 Å². The first-order valence-electron chi connectivity index (χ1n) is 5.51. The molecule has 0 saturated carbocycles. The van der Waals surface area contributed by atoms with Crippen molar-refractivity contribution in [3.63, 3.8) is 0 Å². The molecule has 0 heterocycles. The van der Waals surface area contributed by atoms with Gasteiger partial charge in [0.05, 0.1) is 0 Å². The van der Waals surface area contributed by atoms with E-state index in [2.05, 4.69) is 62.9 Å². The minimum Gasteiger partial charge on any atom is -0.0985 e. The molecule has 0 heteroatoms. The topological polar surface area (TPSA) is 0 Å². The van der Waals surface area contributed by atoms with Crippen molar-refractivity contribution in [3.05, 3.63) is 65.7 Å². The molecule has 16 heavy (non-hydrogen) atoms. The van der Waals surface area contributed by atoms with Crippen LogP contribution in [0.1, 0.15) is 16.7 Å². The van der Waals surface area contributed by atoms with Crippen LogP contribution >= 0.6 is 0 Å². The van der Waals surface area contributed by atoms with E-state index in [1.165, 1.54) is 22.3 Å². The van der Waals surface area contributed by atoms with Crippen LogP contribution in [0.25, 0.3) is 17.2 Å². The van der Waals surface area contributed by atoms with E-state index in [0.29, 0.717) is 0 Å². The fourth-order valence-corrected chi connectivity index (χ4v) is 1.85. The Balaban J connectivity index is 2.49. The first-order chi connectivity index (χ1) is 7.70. The standard InChI is InChI=1S/C16H16/c1-4-14-7-9-15(10-8-14)16-11-12(2)5-6-13(16)3/h4-11H,1H2,2-3H3. The van der Waals surface area contributed by atoms with Gasteiger partial charge in [0, 0.05) is 0 Å². The van der Waals surface area contributed by atoms with Gasteiger partial charge in [0.15, 0.2) is 0 Å². The summed E-state index contributed by atoms with van der Waals surface area (Å²) in [5.41, 5.74) is 6.36. The number of hydrogen-bond donors (Lipinski definition) is 0. The SMILES string of the molecule is C=Cc1ccc(-c2cc(C)ccc2C)cc1. The van der Waals surface area contributed by atoms with Gasteiger partial charge in [0.2, 0.25) is 0 Å². The third kappa shape index (κ3) is 2.06. The largest absolute Gasteiger partial charge is 0.0985 e. The Labute approximate surface area is 97.3 Å². The molecule has 0 aliphatic carbocycles. The van der Waals surface area contributed by atoms with Gasteiger partial charge in [-0.3, -0.25) is 0 Å². The molecule has 0 bridgehead atoms. The fraction of sp³-hybridized carbons (Fsp3) is 0.125. The van der Waals surface area contributed by atoms with E-state index in [1.807, 2.05) is 6.08 Å². The molecular formula is C16H16. The molecule has 0 aromatic heterocycles. The predicted molar refractivity (Wildman–Crippen MR) is 71.4 cm³/mol. The van der Waals surface area contributed by atoms with Crippen LogP contribution in [-0.2, 0) is 0 Å². The number of aryl methyl sites for hydroxylation is 2. The quantitative estimate of drug-likeness (QED) is 0.676. The van der Waals surface area contributed by atoms with Crippen LogP contribution in [0.3, 0.4) is 0 Å². The summed E-state index contributed by atoms with van der Waals surface area (Å²) in [7, 11) is 0. The van der Waals surface area contributed by atoms with Gasteiger partial charge in [-0.25, -0.2) is 0 Å². The highest BCUT2D eigenvalue weighted by atomic mass is 14.1. The van der Waals surface area contributed by atoms with Gasteiger partial charge in [-0.2, -0.15) is 0 Å². The highest BCUT2D eigenvalue weighted by molar-refractivity contribution is 5.69. The Morgan fingerprint density at radius 3 is 2.25 bits per heavy atom. The highest BCUT2D eigenvalue weighted by Crippen LogP contribution is 2.24. The van der Waals surface area contributed by atoms with E-state index in [9.17, 15) is 0 Å². The lowest BCUT2D eigenvalue weighted by Gasteiger charge is -2.07.